The molecule has 0 unspecified atom stereocenters. The number of carbonyl (C=O) groups is 2. The highest BCUT2D eigenvalue weighted by Crippen LogP contribution is 2.37. The first-order chi connectivity index (χ1) is 15.2. The second-order valence-corrected chi connectivity index (χ2v) is 10.5. The lowest BCUT2D eigenvalue weighted by atomic mass is 10.0. The van der Waals surface area contributed by atoms with Crippen molar-refractivity contribution in [1.82, 2.24) is 4.90 Å². The van der Waals surface area contributed by atoms with Gasteiger partial charge in [-0.1, -0.05) is 52.3 Å². The van der Waals surface area contributed by atoms with Gasteiger partial charge in [0.1, 0.15) is 16.2 Å². The zero-order valence-corrected chi connectivity index (χ0v) is 20.7. The number of anilines is 1. The maximum absolute atomic E-state index is 13.1. The van der Waals surface area contributed by atoms with E-state index in [0.717, 1.165) is 27.6 Å². The number of hydrogen-bond donors (Lipinski definition) is 1. The molecule has 1 N–H and O–H groups in total. The SMILES string of the molecule is CC(C)(C)OC(=O)c1c(-c2ccc(Br)cc2)csc1NC(=O)N1CCc2ccccc2C1. The fourth-order valence-corrected chi connectivity index (χ4v) is 4.88. The minimum atomic E-state index is -0.645. The van der Waals surface area contributed by atoms with E-state index < -0.39 is 11.6 Å². The van der Waals surface area contributed by atoms with Crippen LogP contribution >= 0.6 is 27.3 Å². The first-order valence-electron chi connectivity index (χ1n) is 10.4. The van der Waals surface area contributed by atoms with Crippen molar-refractivity contribution in [3.8, 4) is 11.1 Å². The Morgan fingerprint density at radius 3 is 2.44 bits per heavy atom. The molecule has 0 saturated heterocycles. The Bertz CT molecular complexity index is 1150. The second kappa shape index (κ2) is 9.08. The van der Waals surface area contributed by atoms with Crippen molar-refractivity contribution < 1.29 is 14.3 Å². The van der Waals surface area contributed by atoms with Gasteiger partial charge in [0.2, 0.25) is 0 Å². The molecule has 0 spiro atoms. The summed E-state index contributed by atoms with van der Waals surface area (Å²) < 4.78 is 6.63. The average molecular weight is 513 g/mol. The molecule has 0 fully saturated rings. The topological polar surface area (TPSA) is 58.6 Å². The summed E-state index contributed by atoms with van der Waals surface area (Å²) in [6.45, 7) is 6.68. The Hall–Kier alpha value is -2.64. The largest absolute Gasteiger partial charge is 0.456 e. The first-order valence-corrected chi connectivity index (χ1v) is 12.1. The van der Waals surface area contributed by atoms with Crippen LogP contribution in [-0.4, -0.2) is 29.0 Å². The number of thiophene rings is 1. The molecule has 166 valence electrons. The standard InChI is InChI=1S/C25H25BrN2O3S/c1-25(2,3)31-23(29)21-20(17-8-10-19(26)11-9-17)15-32-22(21)27-24(30)28-13-12-16-6-4-5-7-18(16)14-28/h4-11,15H,12-14H2,1-3H3,(H,27,30). The number of halogens is 1. The van der Waals surface area contributed by atoms with Gasteiger partial charge in [-0.15, -0.1) is 11.3 Å². The Morgan fingerprint density at radius 1 is 1.06 bits per heavy atom. The Labute approximate surface area is 200 Å². The third-order valence-corrected chi connectivity index (χ3v) is 6.61. The van der Waals surface area contributed by atoms with Gasteiger partial charge in [0.15, 0.2) is 0 Å². The number of benzene rings is 2. The average Bonchev–Trinajstić information content (AvgIpc) is 3.16. The maximum Gasteiger partial charge on any atom is 0.342 e. The van der Waals surface area contributed by atoms with Crippen LogP contribution in [-0.2, 0) is 17.7 Å². The molecule has 32 heavy (non-hydrogen) atoms. The molecule has 2 aromatic carbocycles. The van der Waals surface area contributed by atoms with Gasteiger partial charge in [0, 0.05) is 28.5 Å². The van der Waals surface area contributed by atoms with Crippen LogP contribution in [0.5, 0.6) is 0 Å². The van der Waals surface area contributed by atoms with Gasteiger partial charge >= 0.3 is 12.0 Å². The fourth-order valence-electron chi connectivity index (χ4n) is 3.67. The van der Waals surface area contributed by atoms with Gasteiger partial charge in [0.05, 0.1) is 0 Å². The molecule has 4 rings (SSSR count). The highest BCUT2D eigenvalue weighted by atomic mass is 79.9. The normalized spacial score (nSPS) is 13.4. The van der Waals surface area contributed by atoms with Crippen molar-refractivity contribution in [3.05, 3.63) is 75.1 Å². The van der Waals surface area contributed by atoms with E-state index in [2.05, 4.69) is 33.4 Å². The molecule has 3 aromatic rings. The molecule has 5 nitrogen and oxygen atoms in total. The van der Waals surface area contributed by atoms with Gasteiger partial charge in [-0.3, -0.25) is 5.32 Å². The van der Waals surface area contributed by atoms with Gasteiger partial charge < -0.3 is 9.64 Å². The highest BCUT2D eigenvalue weighted by molar-refractivity contribution is 9.10. The summed E-state index contributed by atoms with van der Waals surface area (Å²) in [5.74, 6) is -0.448. The Balaban J connectivity index is 1.62. The molecule has 7 heteroatoms. The van der Waals surface area contributed by atoms with Crippen LogP contribution in [0, 0.1) is 0 Å². The predicted octanol–water partition coefficient (Wildman–Crippen LogP) is 6.72. The van der Waals surface area contributed by atoms with Crippen LogP contribution in [0.3, 0.4) is 0 Å². The monoisotopic (exact) mass is 512 g/mol. The number of hydrogen-bond acceptors (Lipinski definition) is 4. The lowest BCUT2D eigenvalue weighted by Crippen LogP contribution is -2.39. The van der Waals surface area contributed by atoms with Crippen molar-refractivity contribution >= 4 is 44.3 Å². The number of esters is 1. The zero-order valence-electron chi connectivity index (χ0n) is 18.3. The predicted molar refractivity (Wildman–Crippen MR) is 132 cm³/mol. The molecule has 2 heterocycles. The molecule has 0 bridgehead atoms. The highest BCUT2D eigenvalue weighted by Gasteiger charge is 2.28. The van der Waals surface area contributed by atoms with Gasteiger partial charge in [-0.2, -0.15) is 0 Å². The molecule has 0 atom stereocenters. The molecule has 0 radical (unpaired) electrons. The summed E-state index contributed by atoms with van der Waals surface area (Å²) in [6, 6.07) is 15.7. The molecule has 1 aromatic heterocycles. The maximum atomic E-state index is 13.1. The lowest BCUT2D eigenvalue weighted by molar-refractivity contribution is 0.00721. The second-order valence-electron chi connectivity index (χ2n) is 8.73. The van der Waals surface area contributed by atoms with Crippen molar-refractivity contribution in [3.63, 3.8) is 0 Å². The third kappa shape index (κ3) is 5.05. The van der Waals surface area contributed by atoms with Gasteiger partial charge in [0.25, 0.3) is 0 Å². The van der Waals surface area contributed by atoms with E-state index in [1.54, 1.807) is 4.90 Å². The molecular weight excluding hydrogens is 488 g/mol. The van der Waals surface area contributed by atoms with Crippen molar-refractivity contribution in [1.29, 1.82) is 0 Å². The number of rotatable bonds is 3. The lowest BCUT2D eigenvalue weighted by Gasteiger charge is -2.29. The van der Waals surface area contributed by atoms with E-state index in [1.165, 1.54) is 16.9 Å². The van der Waals surface area contributed by atoms with Gasteiger partial charge in [-0.25, -0.2) is 9.59 Å². The van der Waals surface area contributed by atoms with Crippen molar-refractivity contribution in [2.75, 3.05) is 11.9 Å². The molecule has 2 amide bonds. The Kier molecular flexibility index (Phi) is 6.40. The summed E-state index contributed by atoms with van der Waals surface area (Å²) in [7, 11) is 0. The van der Waals surface area contributed by atoms with Crippen LogP contribution in [0.2, 0.25) is 0 Å². The molecule has 1 aliphatic rings. The van der Waals surface area contributed by atoms with Crippen molar-refractivity contribution in [2.45, 2.75) is 39.3 Å². The van der Waals surface area contributed by atoms with E-state index in [4.69, 9.17) is 4.74 Å². The summed E-state index contributed by atoms with van der Waals surface area (Å²) in [6.07, 6.45) is 0.817. The van der Waals surface area contributed by atoms with E-state index in [1.807, 2.05) is 62.5 Å². The quantitative estimate of drug-likeness (QED) is 0.396. The molecule has 0 aliphatic carbocycles. The van der Waals surface area contributed by atoms with Crippen molar-refractivity contribution in [2.24, 2.45) is 0 Å². The van der Waals surface area contributed by atoms with E-state index in [9.17, 15) is 9.59 Å². The molecule has 1 aliphatic heterocycles. The minimum absolute atomic E-state index is 0.214. The summed E-state index contributed by atoms with van der Waals surface area (Å²) in [5.41, 5.74) is 3.81. The number of ether oxygens (including phenoxy) is 1. The first kappa shape index (κ1) is 22.6. The number of fused-ring (bicyclic) bond motifs is 1. The van der Waals surface area contributed by atoms with Crippen LogP contribution < -0.4 is 5.32 Å². The number of carbonyl (C=O) groups excluding carboxylic acids is 2. The summed E-state index contributed by atoms with van der Waals surface area (Å²) in [4.78, 5) is 28.0. The number of nitrogens with zero attached hydrogens (tertiary/aromatic N) is 1. The smallest absolute Gasteiger partial charge is 0.342 e. The van der Waals surface area contributed by atoms with E-state index in [0.29, 0.717) is 23.7 Å². The number of amides is 2. The summed E-state index contributed by atoms with van der Waals surface area (Å²) in [5, 5.41) is 5.37. The summed E-state index contributed by atoms with van der Waals surface area (Å²) >= 11 is 4.78. The van der Waals surface area contributed by atoms with Gasteiger partial charge in [-0.05, 0) is 56.0 Å². The van der Waals surface area contributed by atoms with Crippen LogP contribution in [0.1, 0.15) is 42.3 Å². The molecule has 0 saturated carbocycles. The van der Waals surface area contributed by atoms with E-state index >= 15 is 0 Å². The van der Waals surface area contributed by atoms with Crippen LogP contribution in [0.4, 0.5) is 9.80 Å². The number of nitrogens with one attached hydrogen (secondary N) is 1. The third-order valence-electron chi connectivity index (χ3n) is 5.19. The van der Waals surface area contributed by atoms with Crippen LogP contribution in [0.15, 0.2) is 58.4 Å². The van der Waals surface area contributed by atoms with E-state index in [-0.39, 0.29) is 6.03 Å². The minimum Gasteiger partial charge on any atom is -0.456 e. The molecular formula is C25H25BrN2O3S. The van der Waals surface area contributed by atoms with Crippen LogP contribution in [0.25, 0.3) is 11.1 Å². The Morgan fingerprint density at radius 2 is 1.75 bits per heavy atom. The fraction of sp³-hybridized carbons (Fsp3) is 0.280. The number of urea groups is 1. The zero-order chi connectivity index (χ0) is 22.9.